The third-order valence-corrected chi connectivity index (χ3v) is 2.40. The van der Waals surface area contributed by atoms with Crippen LogP contribution in [0.5, 0.6) is 0 Å². The van der Waals surface area contributed by atoms with Crippen molar-refractivity contribution in [1.29, 1.82) is 0 Å². The average molecular weight is 228 g/mol. The molecule has 2 fully saturated rings. The highest BCUT2D eigenvalue weighted by Gasteiger charge is 2.24. The molecule has 0 aliphatic carbocycles. The normalized spacial score (nSPS) is 29.9. The maximum atomic E-state index is 11.5. The van der Waals surface area contributed by atoms with E-state index in [2.05, 4.69) is 0 Å². The number of rotatable bonds is 4. The molecule has 90 valence electrons. The first-order valence-electron chi connectivity index (χ1n) is 5.42. The predicted octanol–water partition coefficient (Wildman–Crippen LogP) is 0.290. The van der Waals surface area contributed by atoms with Crippen molar-refractivity contribution in [2.24, 2.45) is 0 Å². The molecule has 0 radical (unpaired) electrons. The van der Waals surface area contributed by atoms with Gasteiger partial charge in [0.25, 0.3) is 0 Å². The molecule has 5 nitrogen and oxygen atoms in total. The van der Waals surface area contributed by atoms with Crippen LogP contribution in [0.2, 0.25) is 0 Å². The van der Waals surface area contributed by atoms with Crippen LogP contribution < -0.4 is 0 Å². The molecule has 0 spiro atoms. The molecule has 0 aromatic heterocycles. The summed E-state index contributed by atoms with van der Waals surface area (Å²) in [5.41, 5.74) is 0.552. The minimum absolute atomic E-state index is 0.103. The Morgan fingerprint density at radius 2 is 2.19 bits per heavy atom. The van der Waals surface area contributed by atoms with Crippen LogP contribution >= 0.6 is 0 Å². The van der Waals surface area contributed by atoms with E-state index >= 15 is 0 Å². The maximum Gasteiger partial charge on any atom is 0.333 e. The van der Waals surface area contributed by atoms with Crippen LogP contribution in [0.1, 0.15) is 6.92 Å². The van der Waals surface area contributed by atoms with E-state index in [-0.39, 0.29) is 18.2 Å². The van der Waals surface area contributed by atoms with Crippen LogP contribution in [0.25, 0.3) is 0 Å². The number of hydrogen-bond acceptors (Lipinski definition) is 5. The molecule has 2 aliphatic heterocycles. The standard InChI is InChI=1S/C11H16O5/c1-8(4-9-5-13-2-3-14-9)11(12)16-7-10-6-15-10/h4,9-10H,2-3,5-7H2,1H3. The zero-order chi connectivity index (χ0) is 11.4. The van der Waals surface area contributed by atoms with Gasteiger partial charge >= 0.3 is 5.97 Å². The molecule has 5 heteroatoms. The summed E-state index contributed by atoms with van der Waals surface area (Å²) in [4.78, 5) is 11.5. The molecule has 0 bridgehead atoms. The Morgan fingerprint density at radius 3 is 2.81 bits per heavy atom. The maximum absolute atomic E-state index is 11.5. The molecule has 0 N–H and O–H groups in total. The van der Waals surface area contributed by atoms with E-state index in [0.29, 0.717) is 38.6 Å². The van der Waals surface area contributed by atoms with Gasteiger partial charge in [0.15, 0.2) is 0 Å². The van der Waals surface area contributed by atoms with Gasteiger partial charge in [-0.3, -0.25) is 0 Å². The summed E-state index contributed by atoms with van der Waals surface area (Å²) in [6, 6.07) is 0. The zero-order valence-corrected chi connectivity index (χ0v) is 9.31. The monoisotopic (exact) mass is 228 g/mol. The van der Waals surface area contributed by atoms with Crippen molar-refractivity contribution in [3.8, 4) is 0 Å². The first kappa shape index (κ1) is 11.6. The number of esters is 1. The first-order valence-corrected chi connectivity index (χ1v) is 5.42. The highest BCUT2D eigenvalue weighted by Crippen LogP contribution is 2.11. The van der Waals surface area contributed by atoms with Crippen LogP contribution in [0.15, 0.2) is 11.6 Å². The van der Waals surface area contributed by atoms with Crippen LogP contribution in [0, 0.1) is 0 Å². The van der Waals surface area contributed by atoms with Gasteiger partial charge in [0, 0.05) is 5.57 Å². The van der Waals surface area contributed by atoms with Gasteiger partial charge in [-0.25, -0.2) is 4.79 Å². The summed E-state index contributed by atoms with van der Waals surface area (Å²) in [6.45, 7) is 4.43. The van der Waals surface area contributed by atoms with Gasteiger partial charge in [0.05, 0.1) is 32.5 Å². The predicted molar refractivity (Wildman–Crippen MR) is 55.0 cm³/mol. The minimum atomic E-state index is -0.315. The number of hydrogen-bond donors (Lipinski definition) is 0. The highest BCUT2D eigenvalue weighted by atomic mass is 16.6. The minimum Gasteiger partial charge on any atom is -0.459 e. The van der Waals surface area contributed by atoms with Crippen LogP contribution in [0.3, 0.4) is 0 Å². The number of epoxide rings is 1. The van der Waals surface area contributed by atoms with Crippen molar-refractivity contribution in [2.45, 2.75) is 19.1 Å². The Hall–Kier alpha value is -0.910. The Labute approximate surface area is 94.3 Å². The second-order valence-corrected chi connectivity index (χ2v) is 3.89. The Bertz CT molecular complexity index is 276. The van der Waals surface area contributed by atoms with Crippen LogP contribution in [0.4, 0.5) is 0 Å². The summed E-state index contributed by atoms with van der Waals surface area (Å²) in [6.07, 6.45) is 1.71. The van der Waals surface area contributed by atoms with Crippen molar-refractivity contribution in [2.75, 3.05) is 33.0 Å². The fourth-order valence-electron chi connectivity index (χ4n) is 1.40. The summed E-state index contributed by atoms with van der Waals surface area (Å²) < 4.78 is 20.6. The molecule has 16 heavy (non-hydrogen) atoms. The van der Waals surface area contributed by atoms with Gasteiger partial charge in [-0.05, 0) is 13.0 Å². The van der Waals surface area contributed by atoms with Crippen molar-refractivity contribution >= 4 is 5.97 Å². The van der Waals surface area contributed by atoms with Gasteiger partial charge in [0.1, 0.15) is 12.7 Å². The summed E-state index contributed by atoms with van der Waals surface area (Å²) in [5, 5.41) is 0. The van der Waals surface area contributed by atoms with Crippen LogP contribution in [-0.4, -0.2) is 51.2 Å². The second-order valence-electron chi connectivity index (χ2n) is 3.89. The third kappa shape index (κ3) is 3.59. The fourth-order valence-corrected chi connectivity index (χ4v) is 1.40. The van der Waals surface area contributed by atoms with E-state index in [4.69, 9.17) is 18.9 Å². The summed E-state index contributed by atoms with van der Waals surface area (Å²) in [7, 11) is 0. The van der Waals surface area contributed by atoms with E-state index < -0.39 is 0 Å². The molecule has 0 aromatic rings. The number of carbonyl (C=O) groups is 1. The summed E-state index contributed by atoms with van der Waals surface area (Å²) in [5.74, 6) is -0.315. The largest absolute Gasteiger partial charge is 0.459 e. The fraction of sp³-hybridized carbons (Fsp3) is 0.727. The van der Waals surface area contributed by atoms with E-state index in [1.165, 1.54) is 0 Å². The van der Waals surface area contributed by atoms with Gasteiger partial charge in [-0.2, -0.15) is 0 Å². The molecule has 2 heterocycles. The number of ether oxygens (including phenoxy) is 4. The smallest absolute Gasteiger partial charge is 0.333 e. The van der Waals surface area contributed by atoms with Gasteiger partial charge in [-0.15, -0.1) is 0 Å². The molecule has 2 aliphatic rings. The van der Waals surface area contributed by atoms with Crippen molar-refractivity contribution in [1.82, 2.24) is 0 Å². The molecule has 0 aromatic carbocycles. The molecule has 2 atom stereocenters. The van der Waals surface area contributed by atoms with Crippen molar-refractivity contribution < 1.29 is 23.7 Å². The van der Waals surface area contributed by atoms with Gasteiger partial charge < -0.3 is 18.9 Å². The lowest BCUT2D eigenvalue weighted by Gasteiger charge is -2.20. The Kier molecular flexibility index (Phi) is 3.93. The first-order chi connectivity index (χ1) is 7.75. The Balaban J connectivity index is 1.76. The highest BCUT2D eigenvalue weighted by molar-refractivity contribution is 5.87. The SMILES string of the molecule is CC(=CC1COCCO1)C(=O)OCC1CO1. The van der Waals surface area contributed by atoms with Crippen molar-refractivity contribution in [3.63, 3.8) is 0 Å². The molecule has 2 rings (SSSR count). The van der Waals surface area contributed by atoms with E-state index in [1.807, 2.05) is 0 Å². The lowest BCUT2D eigenvalue weighted by Crippen LogP contribution is -2.27. The molecule has 0 amide bonds. The average Bonchev–Trinajstić information content (AvgIpc) is 3.11. The topological polar surface area (TPSA) is 57.3 Å². The van der Waals surface area contributed by atoms with Gasteiger partial charge in [0.2, 0.25) is 0 Å². The second kappa shape index (κ2) is 5.43. The van der Waals surface area contributed by atoms with E-state index in [9.17, 15) is 4.79 Å². The van der Waals surface area contributed by atoms with Gasteiger partial charge in [-0.1, -0.05) is 0 Å². The number of carbonyl (C=O) groups excluding carboxylic acids is 1. The lowest BCUT2D eigenvalue weighted by atomic mass is 10.2. The Morgan fingerprint density at radius 1 is 1.38 bits per heavy atom. The lowest BCUT2D eigenvalue weighted by molar-refractivity contribution is -0.139. The molecular weight excluding hydrogens is 212 g/mol. The van der Waals surface area contributed by atoms with E-state index in [0.717, 1.165) is 0 Å². The van der Waals surface area contributed by atoms with E-state index in [1.54, 1.807) is 13.0 Å². The zero-order valence-electron chi connectivity index (χ0n) is 9.31. The molecule has 0 saturated carbocycles. The summed E-state index contributed by atoms with van der Waals surface area (Å²) >= 11 is 0. The molecule has 2 unspecified atom stereocenters. The quantitative estimate of drug-likeness (QED) is 0.393. The molecule has 2 saturated heterocycles. The molecular formula is C11H16O5. The van der Waals surface area contributed by atoms with Crippen molar-refractivity contribution in [3.05, 3.63) is 11.6 Å². The van der Waals surface area contributed by atoms with Crippen LogP contribution in [-0.2, 0) is 23.7 Å². The third-order valence-electron chi connectivity index (χ3n) is 2.40.